The quantitative estimate of drug-likeness (QED) is 0.546. The minimum Gasteiger partial charge on any atom is -0.484 e. The van der Waals surface area contributed by atoms with E-state index < -0.39 is 0 Å². The van der Waals surface area contributed by atoms with E-state index in [2.05, 4.69) is 5.32 Å². The molecule has 0 fully saturated rings. The highest BCUT2D eigenvalue weighted by atomic mass is 16.5. The number of amidine groups is 1. The summed E-state index contributed by atoms with van der Waals surface area (Å²) in [6, 6.07) is 6.81. The van der Waals surface area contributed by atoms with Crippen molar-refractivity contribution in [3.63, 3.8) is 0 Å². The summed E-state index contributed by atoms with van der Waals surface area (Å²) in [5.41, 5.74) is 5.78. The van der Waals surface area contributed by atoms with Crippen LogP contribution < -0.4 is 15.8 Å². The Morgan fingerprint density at radius 2 is 2.17 bits per heavy atom. The van der Waals surface area contributed by atoms with Gasteiger partial charge in [0, 0.05) is 13.6 Å². The van der Waals surface area contributed by atoms with Crippen molar-refractivity contribution >= 4 is 17.6 Å². The molecule has 0 saturated heterocycles. The van der Waals surface area contributed by atoms with Gasteiger partial charge < -0.3 is 20.7 Å². The van der Waals surface area contributed by atoms with Crippen molar-refractivity contribution in [3.05, 3.63) is 24.3 Å². The van der Waals surface area contributed by atoms with Crippen molar-refractivity contribution in [1.82, 2.24) is 4.90 Å². The van der Waals surface area contributed by atoms with E-state index in [9.17, 15) is 4.79 Å². The van der Waals surface area contributed by atoms with Crippen molar-refractivity contribution in [2.45, 2.75) is 6.92 Å². The van der Waals surface area contributed by atoms with E-state index in [1.54, 1.807) is 36.2 Å². The molecule has 0 heterocycles. The molecule has 0 aliphatic heterocycles. The zero-order chi connectivity index (χ0) is 13.5. The Morgan fingerprint density at radius 3 is 2.78 bits per heavy atom. The van der Waals surface area contributed by atoms with Crippen LogP contribution in [-0.2, 0) is 0 Å². The van der Waals surface area contributed by atoms with Crippen LogP contribution in [0.15, 0.2) is 24.3 Å². The van der Waals surface area contributed by atoms with Crippen molar-refractivity contribution in [2.75, 3.05) is 25.5 Å². The first-order valence-corrected chi connectivity index (χ1v) is 5.61. The van der Waals surface area contributed by atoms with Crippen LogP contribution in [-0.4, -0.2) is 37.0 Å². The summed E-state index contributed by atoms with van der Waals surface area (Å²) in [7, 11) is 1.70. The lowest BCUT2D eigenvalue weighted by atomic mass is 10.3. The topological polar surface area (TPSA) is 91.4 Å². The standard InChI is InChI=1S/C12H18N4O2/c1-3-16(2)12(17)15-9-6-4-5-7-10(9)18-8-11(13)14/h4-7H,3,8H2,1-2H3,(H3,13,14)(H,15,17). The van der Waals surface area contributed by atoms with E-state index in [-0.39, 0.29) is 18.5 Å². The first-order valence-electron chi connectivity index (χ1n) is 5.61. The Hall–Kier alpha value is -2.24. The lowest BCUT2D eigenvalue weighted by Gasteiger charge is -2.17. The number of carbonyl (C=O) groups is 1. The molecule has 1 aromatic carbocycles. The van der Waals surface area contributed by atoms with Gasteiger partial charge >= 0.3 is 6.03 Å². The average Bonchev–Trinajstić information content (AvgIpc) is 2.36. The number of rotatable bonds is 5. The Kier molecular flexibility index (Phi) is 4.98. The highest BCUT2D eigenvalue weighted by Crippen LogP contribution is 2.23. The summed E-state index contributed by atoms with van der Waals surface area (Å²) in [5.74, 6) is 0.423. The van der Waals surface area contributed by atoms with Gasteiger partial charge in [-0.1, -0.05) is 12.1 Å². The summed E-state index contributed by atoms with van der Waals surface area (Å²) in [6.07, 6.45) is 0. The molecule has 18 heavy (non-hydrogen) atoms. The summed E-state index contributed by atoms with van der Waals surface area (Å²) in [6.45, 7) is 2.50. The Labute approximate surface area is 106 Å². The molecule has 4 N–H and O–H groups in total. The zero-order valence-electron chi connectivity index (χ0n) is 10.6. The number of carbonyl (C=O) groups excluding carboxylic acids is 1. The van der Waals surface area contributed by atoms with Crippen LogP contribution in [0.1, 0.15) is 6.92 Å². The maximum absolute atomic E-state index is 11.7. The third-order valence-electron chi connectivity index (χ3n) is 2.33. The molecule has 6 nitrogen and oxygen atoms in total. The highest BCUT2D eigenvalue weighted by Gasteiger charge is 2.10. The molecule has 1 aromatic rings. The minimum absolute atomic E-state index is 0.00347. The van der Waals surface area contributed by atoms with Crippen molar-refractivity contribution in [3.8, 4) is 5.75 Å². The summed E-state index contributed by atoms with van der Waals surface area (Å²) >= 11 is 0. The van der Waals surface area contributed by atoms with Crippen LogP contribution in [0.3, 0.4) is 0 Å². The van der Waals surface area contributed by atoms with E-state index in [1.165, 1.54) is 0 Å². The van der Waals surface area contributed by atoms with E-state index in [0.717, 1.165) is 0 Å². The normalized spacial score (nSPS) is 9.67. The molecule has 0 saturated carbocycles. The first-order chi connectivity index (χ1) is 8.54. The predicted octanol–water partition coefficient (Wildman–Crippen LogP) is 1.48. The van der Waals surface area contributed by atoms with Gasteiger partial charge in [0.15, 0.2) is 0 Å². The molecule has 2 amide bonds. The second-order valence-corrected chi connectivity index (χ2v) is 3.75. The lowest BCUT2D eigenvalue weighted by molar-refractivity contribution is 0.224. The van der Waals surface area contributed by atoms with Gasteiger partial charge in [-0.25, -0.2) is 4.79 Å². The molecule has 1 rings (SSSR count). The molecular weight excluding hydrogens is 232 g/mol. The summed E-state index contributed by atoms with van der Waals surface area (Å²) < 4.78 is 5.33. The number of para-hydroxylation sites is 2. The fraction of sp³-hybridized carbons (Fsp3) is 0.333. The molecule has 98 valence electrons. The number of nitrogens with zero attached hydrogens (tertiary/aromatic N) is 1. The van der Waals surface area contributed by atoms with Crippen molar-refractivity contribution < 1.29 is 9.53 Å². The first kappa shape index (κ1) is 13.8. The molecule has 0 unspecified atom stereocenters. The molecule has 0 aliphatic rings. The number of hydrogen-bond donors (Lipinski definition) is 3. The average molecular weight is 250 g/mol. The monoisotopic (exact) mass is 250 g/mol. The molecule has 0 atom stereocenters. The zero-order valence-corrected chi connectivity index (χ0v) is 10.6. The van der Waals surface area contributed by atoms with E-state index >= 15 is 0 Å². The fourth-order valence-corrected chi connectivity index (χ4v) is 1.21. The predicted molar refractivity (Wildman–Crippen MR) is 71.2 cm³/mol. The van der Waals surface area contributed by atoms with Gasteiger partial charge in [0.1, 0.15) is 18.2 Å². The summed E-state index contributed by atoms with van der Waals surface area (Å²) in [5, 5.41) is 9.85. The number of ether oxygens (including phenoxy) is 1. The van der Waals surface area contributed by atoms with Crippen molar-refractivity contribution in [2.24, 2.45) is 5.73 Å². The van der Waals surface area contributed by atoms with E-state index in [0.29, 0.717) is 18.0 Å². The number of nitrogens with one attached hydrogen (secondary N) is 2. The van der Waals surface area contributed by atoms with Gasteiger partial charge in [0.2, 0.25) is 0 Å². The van der Waals surface area contributed by atoms with Crippen LogP contribution in [0.4, 0.5) is 10.5 Å². The number of urea groups is 1. The van der Waals surface area contributed by atoms with Gasteiger partial charge in [-0.2, -0.15) is 0 Å². The Bertz CT molecular complexity index is 434. The maximum Gasteiger partial charge on any atom is 0.321 e. The third-order valence-corrected chi connectivity index (χ3v) is 2.33. The molecule has 6 heteroatoms. The van der Waals surface area contributed by atoms with Crippen LogP contribution >= 0.6 is 0 Å². The number of benzene rings is 1. The molecule has 0 aliphatic carbocycles. The SMILES string of the molecule is CCN(C)C(=O)Nc1ccccc1OCC(=N)N. The Balaban J connectivity index is 2.75. The van der Waals surface area contributed by atoms with Crippen LogP contribution in [0.2, 0.25) is 0 Å². The van der Waals surface area contributed by atoms with Crippen molar-refractivity contribution in [1.29, 1.82) is 5.41 Å². The second-order valence-electron chi connectivity index (χ2n) is 3.75. The smallest absolute Gasteiger partial charge is 0.321 e. The number of nitrogens with two attached hydrogens (primary N) is 1. The van der Waals surface area contributed by atoms with Gasteiger partial charge in [-0.3, -0.25) is 5.41 Å². The number of amides is 2. The third kappa shape index (κ3) is 3.97. The van der Waals surface area contributed by atoms with Crippen LogP contribution in [0.25, 0.3) is 0 Å². The second kappa shape index (κ2) is 6.48. The van der Waals surface area contributed by atoms with E-state index in [4.69, 9.17) is 15.9 Å². The molecule has 0 bridgehead atoms. The van der Waals surface area contributed by atoms with Gasteiger partial charge in [-0.05, 0) is 19.1 Å². The fourth-order valence-electron chi connectivity index (χ4n) is 1.21. The molecule has 0 spiro atoms. The van der Waals surface area contributed by atoms with Gasteiger partial charge in [0.05, 0.1) is 5.69 Å². The van der Waals surface area contributed by atoms with E-state index in [1.807, 2.05) is 6.92 Å². The lowest BCUT2D eigenvalue weighted by Crippen LogP contribution is -2.31. The largest absolute Gasteiger partial charge is 0.484 e. The number of hydrogen-bond acceptors (Lipinski definition) is 3. The highest BCUT2D eigenvalue weighted by molar-refractivity contribution is 5.90. The maximum atomic E-state index is 11.7. The molecule has 0 aromatic heterocycles. The van der Waals surface area contributed by atoms with Gasteiger partial charge in [-0.15, -0.1) is 0 Å². The molecule has 0 radical (unpaired) electrons. The molecular formula is C12H18N4O2. The van der Waals surface area contributed by atoms with Crippen LogP contribution in [0.5, 0.6) is 5.75 Å². The Morgan fingerprint density at radius 1 is 1.50 bits per heavy atom. The number of anilines is 1. The van der Waals surface area contributed by atoms with Crippen LogP contribution in [0, 0.1) is 5.41 Å². The summed E-state index contributed by atoms with van der Waals surface area (Å²) in [4.78, 5) is 13.3. The van der Waals surface area contributed by atoms with Gasteiger partial charge in [0.25, 0.3) is 0 Å². The minimum atomic E-state index is -0.212.